The van der Waals surface area contributed by atoms with Crippen LogP contribution in [0.4, 0.5) is 8.78 Å². The van der Waals surface area contributed by atoms with E-state index < -0.39 is 34.3 Å². The van der Waals surface area contributed by atoms with E-state index >= 15 is 0 Å². The second-order valence-electron chi connectivity index (χ2n) is 3.33. The normalized spacial score (nSPS) is 14.4. The summed E-state index contributed by atoms with van der Waals surface area (Å²) in [5.74, 6) is -3.82. The monoisotopic (exact) mass is 248 g/mol. The average Bonchev–Trinajstić information content (AvgIpc) is 2.16. The molecular weight excluding hydrogens is 238 g/mol. The predicted molar refractivity (Wildman–Crippen MR) is 54.4 cm³/mol. The number of hydrogen-bond acceptors (Lipinski definition) is 2. The van der Waals surface area contributed by atoms with E-state index in [-0.39, 0.29) is 10.6 Å². The first kappa shape index (κ1) is 12.8. The number of hydrogen-bond donors (Lipinski definition) is 1. The molecule has 1 N–H and O–H groups in total. The van der Waals surface area contributed by atoms with Gasteiger partial charge in [-0.1, -0.05) is 6.92 Å². The van der Waals surface area contributed by atoms with Crippen molar-refractivity contribution in [2.24, 2.45) is 5.92 Å². The molecule has 16 heavy (non-hydrogen) atoms. The molecule has 3 nitrogen and oxygen atoms in total. The summed E-state index contributed by atoms with van der Waals surface area (Å²) >= 11 is 0. The number of aliphatic carboxylic acids is 1. The number of rotatable bonds is 4. The molecule has 0 aliphatic heterocycles. The van der Waals surface area contributed by atoms with Gasteiger partial charge < -0.3 is 5.11 Å². The molecule has 1 aromatic carbocycles. The molecule has 1 rings (SSSR count). The third-order valence-corrected chi connectivity index (χ3v) is 3.59. The Hall–Kier alpha value is -1.30. The Labute approximate surface area is 93.6 Å². The maximum Gasteiger partial charge on any atom is 0.307 e. The number of carboxylic acids is 1. The van der Waals surface area contributed by atoms with Crippen molar-refractivity contribution in [2.75, 3.05) is 5.75 Å². The number of benzene rings is 1. The molecule has 0 saturated carbocycles. The van der Waals surface area contributed by atoms with Crippen molar-refractivity contribution >= 4 is 16.8 Å². The van der Waals surface area contributed by atoms with Crippen LogP contribution in [0.25, 0.3) is 0 Å². The number of carboxylic acid groups (broad SMARTS) is 1. The molecule has 0 spiro atoms. The van der Waals surface area contributed by atoms with Gasteiger partial charge in [0.05, 0.1) is 21.6 Å². The van der Waals surface area contributed by atoms with Gasteiger partial charge >= 0.3 is 5.97 Å². The minimum Gasteiger partial charge on any atom is -0.481 e. The lowest BCUT2D eigenvalue weighted by atomic mass is 10.2. The lowest BCUT2D eigenvalue weighted by molar-refractivity contribution is -0.140. The Morgan fingerprint density at radius 1 is 1.50 bits per heavy atom. The van der Waals surface area contributed by atoms with E-state index in [1.165, 1.54) is 6.92 Å². The van der Waals surface area contributed by atoms with E-state index in [2.05, 4.69) is 0 Å². The summed E-state index contributed by atoms with van der Waals surface area (Å²) in [4.78, 5) is 10.3. The van der Waals surface area contributed by atoms with Gasteiger partial charge in [0.1, 0.15) is 11.6 Å². The maximum atomic E-state index is 13.2. The molecule has 1 aromatic rings. The second-order valence-corrected chi connectivity index (χ2v) is 4.79. The minimum absolute atomic E-state index is 0.172. The molecule has 88 valence electrons. The minimum atomic E-state index is -1.78. The molecule has 2 unspecified atom stereocenters. The van der Waals surface area contributed by atoms with Gasteiger partial charge in [0.25, 0.3) is 0 Å². The predicted octanol–water partition coefficient (Wildman–Crippen LogP) is 1.79. The van der Waals surface area contributed by atoms with Crippen LogP contribution in [0.5, 0.6) is 0 Å². The second kappa shape index (κ2) is 5.16. The van der Waals surface area contributed by atoms with Crippen molar-refractivity contribution in [1.82, 2.24) is 0 Å². The zero-order valence-electron chi connectivity index (χ0n) is 8.44. The lowest BCUT2D eigenvalue weighted by Gasteiger charge is -2.06. The summed E-state index contributed by atoms with van der Waals surface area (Å²) in [5, 5.41) is 8.60. The zero-order valence-corrected chi connectivity index (χ0v) is 9.26. The standard InChI is InChI=1S/C10H10F2O3S/c1-6(10(13)14)5-16(15)9-3-2-7(11)4-8(9)12/h2-4,6H,5H2,1H3,(H,13,14). The summed E-state index contributed by atoms with van der Waals surface area (Å²) in [6.45, 7) is 1.38. The molecule has 0 aliphatic carbocycles. The molecule has 0 saturated heterocycles. The van der Waals surface area contributed by atoms with Crippen molar-refractivity contribution in [3.8, 4) is 0 Å². The maximum absolute atomic E-state index is 13.2. The Bertz CT molecular complexity index is 434. The highest BCUT2D eigenvalue weighted by atomic mass is 32.2. The molecule has 0 fully saturated rings. The van der Waals surface area contributed by atoms with Gasteiger partial charge in [-0.25, -0.2) is 8.78 Å². The highest BCUT2D eigenvalue weighted by molar-refractivity contribution is 7.85. The summed E-state index contributed by atoms with van der Waals surface area (Å²) in [6.07, 6.45) is 0. The molecular formula is C10H10F2O3S. The van der Waals surface area contributed by atoms with Crippen LogP contribution in [0, 0.1) is 17.6 Å². The largest absolute Gasteiger partial charge is 0.481 e. The van der Waals surface area contributed by atoms with Crippen LogP contribution < -0.4 is 0 Å². The summed E-state index contributed by atoms with van der Waals surface area (Å²) in [7, 11) is -1.78. The van der Waals surface area contributed by atoms with Gasteiger partial charge in [-0.15, -0.1) is 0 Å². The van der Waals surface area contributed by atoms with Crippen molar-refractivity contribution in [3.63, 3.8) is 0 Å². The first-order valence-corrected chi connectivity index (χ1v) is 5.80. The van der Waals surface area contributed by atoms with Crippen LogP contribution in [-0.2, 0) is 15.6 Å². The topological polar surface area (TPSA) is 54.4 Å². The summed E-state index contributed by atoms with van der Waals surface area (Å²) in [5.41, 5.74) is 0. The average molecular weight is 248 g/mol. The van der Waals surface area contributed by atoms with Crippen LogP contribution in [0.1, 0.15) is 6.92 Å². The Morgan fingerprint density at radius 2 is 2.12 bits per heavy atom. The van der Waals surface area contributed by atoms with Crippen LogP contribution in [0.3, 0.4) is 0 Å². The van der Waals surface area contributed by atoms with Crippen molar-refractivity contribution in [3.05, 3.63) is 29.8 Å². The van der Waals surface area contributed by atoms with Crippen LogP contribution in [-0.4, -0.2) is 21.0 Å². The van der Waals surface area contributed by atoms with Crippen LogP contribution >= 0.6 is 0 Å². The lowest BCUT2D eigenvalue weighted by Crippen LogP contribution is -2.17. The van der Waals surface area contributed by atoms with Crippen LogP contribution in [0.2, 0.25) is 0 Å². The van der Waals surface area contributed by atoms with E-state index in [1.807, 2.05) is 0 Å². The fourth-order valence-electron chi connectivity index (χ4n) is 1.05. The smallest absolute Gasteiger partial charge is 0.307 e. The van der Waals surface area contributed by atoms with Gasteiger partial charge in [-0.2, -0.15) is 0 Å². The quantitative estimate of drug-likeness (QED) is 0.883. The first-order chi connectivity index (χ1) is 7.41. The third kappa shape index (κ3) is 3.10. The molecule has 0 heterocycles. The van der Waals surface area contributed by atoms with E-state index in [1.54, 1.807) is 0 Å². The van der Waals surface area contributed by atoms with E-state index in [0.717, 1.165) is 12.1 Å². The summed E-state index contributed by atoms with van der Waals surface area (Å²) < 4.78 is 37.3. The van der Waals surface area contributed by atoms with Gasteiger partial charge in [0.15, 0.2) is 0 Å². The van der Waals surface area contributed by atoms with E-state index in [4.69, 9.17) is 5.11 Å². The zero-order chi connectivity index (χ0) is 12.3. The van der Waals surface area contributed by atoms with Gasteiger partial charge in [0.2, 0.25) is 0 Å². The van der Waals surface area contributed by atoms with E-state index in [9.17, 15) is 17.8 Å². The highest BCUT2D eigenvalue weighted by Gasteiger charge is 2.18. The Balaban J connectivity index is 2.85. The molecule has 0 radical (unpaired) electrons. The number of halogens is 2. The molecule has 2 atom stereocenters. The van der Waals surface area contributed by atoms with Crippen molar-refractivity contribution in [2.45, 2.75) is 11.8 Å². The van der Waals surface area contributed by atoms with Crippen LogP contribution in [0.15, 0.2) is 23.1 Å². The Morgan fingerprint density at radius 3 is 2.62 bits per heavy atom. The van der Waals surface area contributed by atoms with Gasteiger partial charge in [0, 0.05) is 11.8 Å². The first-order valence-electron chi connectivity index (χ1n) is 4.48. The van der Waals surface area contributed by atoms with Gasteiger partial charge in [-0.3, -0.25) is 9.00 Å². The summed E-state index contributed by atoms with van der Waals surface area (Å²) in [6, 6.07) is 2.68. The molecule has 0 bridgehead atoms. The molecule has 0 amide bonds. The SMILES string of the molecule is CC(CS(=O)c1ccc(F)cc1F)C(=O)O. The fraction of sp³-hybridized carbons (Fsp3) is 0.300. The number of carbonyl (C=O) groups is 1. The Kier molecular flexibility index (Phi) is 4.12. The fourth-order valence-corrected chi connectivity index (χ4v) is 2.32. The van der Waals surface area contributed by atoms with E-state index in [0.29, 0.717) is 6.07 Å². The third-order valence-electron chi connectivity index (χ3n) is 1.96. The van der Waals surface area contributed by atoms with Crippen molar-refractivity contribution in [1.29, 1.82) is 0 Å². The molecule has 6 heteroatoms. The van der Waals surface area contributed by atoms with Crippen molar-refractivity contribution < 1.29 is 22.9 Å². The molecule has 0 aromatic heterocycles. The highest BCUT2D eigenvalue weighted by Crippen LogP contribution is 2.15. The molecule has 0 aliphatic rings. The van der Waals surface area contributed by atoms with Gasteiger partial charge in [-0.05, 0) is 12.1 Å².